The molecule has 0 aliphatic rings. The zero-order valence-electron chi connectivity index (χ0n) is 14.5. The van der Waals surface area contributed by atoms with Crippen LogP contribution in [0.2, 0.25) is 0 Å². The van der Waals surface area contributed by atoms with Crippen molar-refractivity contribution in [2.75, 3.05) is 23.8 Å². The normalized spacial score (nSPS) is 11.8. The number of hydrogen-bond acceptors (Lipinski definition) is 3. The number of anilines is 2. The molecule has 10 heteroatoms. The molecular formula is C18H16F6N2O2. The number of carbonyl (C=O) groups is 1. The van der Waals surface area contributed by atoms with E-state index >= 15 is 0 Å². The van der Waals surface area contributed by atoms with Crippen LogP contribution < -0.4 is 15.4 Å². The van der Waals surface area contributed by atoms with E-state index in [1.807, 2.05) is 0 Å². The van der Waals surface area contributed by atoms with Crippen molar-refractivity contribution in [2.45, 2.75) is 19.3 Å². The van der Waals surface area contributed by atoms with Crippen molar-refractivity contribution in [2.24, 2.45) is 0 Å². The van der Waals surface area contributed by atoms with Crippen molar-refractivity contribution in [1.29, 1.82) is 0 Å². The third-order valence-electron chi connectivity index (χ3n) is 3.50. The predicted octanol–water partition coefficient (Wildman–Crippen LogP) is 5.17. The molecule has 2 aromatic carbocycles. The molecule has 2 rings (SSSR count). The number of ether oxygens (including phenoxy) is 1. The first-order valence-corrected chi connectivity index (χ1v) is 8.05. The summed E-state index contributed by atoms with van der Waals surface area (Å²) in [5, 5.41) is 4.77. The molecule has 0 heterocycles. The second-order valence-electron chi connectivity index (χ2n) is 5.63. The third kappa shape index (κ3) is 5.80. The van der Waals surface area contributed by atoms with Crippen LogP contribution in [0.25, 0.3) is 0 Å². The van der Waals surface area contributed by atoms with Gasteiger partial charge in [0, 0.05) is 5.69 Å². The van der Waals surface area contributed by atoms with Gasteiger partial charge in [0.05, 0.1) is 30.0 Å². The molecule has 0 spiro atoms. The molecule has 2 N–H and O–H groups in total. The lowest BCUT2D eigenvalue weighted by atomic mass is 10.1. The molecule has 28 heavy (non-hydrogen) atoms. The highest BCUT2D eigenvalue weighted by Gasteiger charge is 2.36. The van der Waals surface area contributed by atoms with Gasteiger partial charge in [-0.05, 0) is 37.3 Å². The Hall–Kier alpha value is -2.91. The highest BCUT2D eigenvalue weighted by Crippen LogP contribution is 2.37. The average Bonchev–Trinajstić information content (AvgIpc) is 2.60. The van der Waals surface area contributed by atoms with E-state index in [0.717, 1.165) is 0 Å². The van der Waals surface area contributed by atoms with E-state index in [1.54, 1.807) is 31.2 Å². The molecule has 2 aromatic rings. The van der Waals surface area contributed by atoms with Crippen LogP contribution in [0, 0.1) is 0 Å². The largest absolute Gasteiger partial charge is 0.492 e. The van der Waals surface area contributed by atoms with E-state index in [2.05, 4.69) is 10.6 Å². The van der Waals surface area contributed by atoms with Crippen molar-refractivity contribution in [3.63, 3.8) is 0 Å². The van der Waals surface area contributed by atoms with Crippen LogP contribution >= 0.6 is 0 Å². The van der Waals surface area contributed by atoms with E-state index in [0.29, 0.717) is 30.2 Å². The number of nitrogens with one attached hydrogen (secondary N) is 2. The Kier molecular flexibility index (Phi) is 6.42. The minimum atomic E-state index is -4.96. The van der Waals surface area contributed by atoms with E-state index < -0.39 is 41.6 Å². The van der Waals surface area contributed by atoms with Crippen LogP contribution in [0.5, 0.6) is 5.75 Å². The van der Waals surface area contributed by atoms with E-state index in [-0.39, 0.29) is 6.07 Å². The summed E-state index contributed by atoms with van der Waals surface area (Å²) in [6.45, 7) is 1.54. The van der Waals surface area contributed by atoms with Crippen molar-refractivity contribution >= 4 is 17.3 Å². The lowest BCUT2D eigenvalue weighted by Crippen LogP contribution is -2.22. The van der Waals surface area contributed by atoms with Gasteiger partial charge in [0.2, 0.25) is 5.91 Å². The van der Waals surface area contributed by atoms with Gasteiger partial charge in [0.25, 0.3) is 0 Å². The maximum atomic E-state index is 12.9. The van der Waals surface area contributed by atoms with Gasteiger partial charge >= 0.3 is 12.4 Å². The molecule has 0 saturated carbocycles. The summed E-state index contributed by atoms with van der Waals surface area (Å²) in [5.41, 5.74) is -3.08. The molecule has 152 valence electrons. The number of para-hydroxylation sites is 2. The molecule has 0 aliphatic heterocycles. The predicted molar refractivity (Wildman–Crippen MR) is 91.2 cm³/mol. The van der Waals surface area contributed by atoms with Crippen molar-refractivity contribution in [3.05, 3.63) is 53.6 Å². The lowest BCUT2D eigenvalue weighted by molar-refractivity contribution is -0.143. The van der Waals surface area contributed by atoms with Gasteiger partial charge < -0.3 is 15.4 Å². The highest BCUT2D eigenvalue weighted by atomic mass is 19.4. The Morgan fingerprint density at radius 2 is 1.54 bits per heavy atom. The van der Waals surface area contributed by atoms with Gasteiger partial charge in [0.1, 0.15) is 5.75 Å². The van der Waals surface area contributed by atoms with Gasteiger partial charge in [-0.15, -0.1) is 0 Å². The Morgan fingerprint density at radius 1 is 0.964 bits per heavy atom. The summed E-state index contributed by atoms with van der Waals surface area (Å²) in [7, 11) is 0. The molecule has 0 fully saturated rings. The lowest BCUT2D eigenvalue weighted by Gasteiger charge is -2.15. The second-order valence-corrected chi connectivity index (χ2v) is 5.63. The van der Waals surface area contributed by atoms with Crippen molar-refractivity contribution < 1.29 is 35.9 Å². The first-order chi connectivity index (χ1) is 13.0. The maximum absolute atomic E-state index is 12.9. The monoisotopic (exact) mass is 406 g/mol. The minimum absolute atomic E-state index is 0.0174. The Balaban J connectivity index is 2.14. The smallest absolute Gasteiger partial charge is 0.416 e. The van der Waals surface area contributed by atoms with E-state index in [9.17, 15) is 31.1 Å². The molecule has 4 nitrogen and oxygen atoms in total. The van der Waals surface area contributed by atoms with Crippen LogP contribution in [0.4, 0.5) is 37.7 Å². The molecule has 0 atom stereocenters. The second kappa shape index (κ2) is 8.41. The van der Waals surface area contributed by atoms with Crippen LogP contribution in [0.1, 0.15) is 18.1 Å². The molecule has 0 saturated heterocycles. The first-order valence-electron chi connectivity index (χ1n) is 8.05. The van der Waals surface area contributed by atoms with Crippen LogP contribution in [0.3, 0.4) is 0 Å². The fourth-order valence-corrected chi connectivity index (χ4v) is 2.28. The Morgan fingerprint density at radius 3 is 2.07 bits per heavy atom. The summed E-state index contributed by atoms with van der Waals surface area (Å²) in [5.74, 6) is -0.283. The number of benzene rings is 2. The van der Waals surface area contributed by atoms with Crippen LogP contribution in [-0.2, 0) is 17.1 Å². The fraction of sp³-hybridized carbons (Fsp3) is 0.278. The molecule has 0 bridgehead atoms. The quantitative estimate of drug-likeness (QED) is 0.651. The maximum Gasteiger partial charge on any atom is 0.416 e. The molecule has 0 unspecified atom stereocenters. The van der Waals surface area contributed by atoms with Gasteiger partial charge in [-0.1, -0.05) is 12.1 Å². The zero-order valence-corrected chi connectivity index (χ0v) is 14.5. The van der Waals surface area contributed by atoms with Gasteiger partial charge in [-0.3, -0.25) is 4.79 Å². The first kappa shape index (κ1) is 21.4. The summed E-state index contributed by atoms with van der Waals surface area (Å²) >= 11 is 0. The van der Waals surface area contributed by atoms with Crippen LogP contribution in [0.15, 0.2) is 42.5 Å². The minimum Gasteiger partial charge on any atom is -0.492 e. The Bertz CT molecular complexity index is 801. The number of rotatable bonds is 6. The topological polar surface area (TPSA) is 50.4 Å². The van der Waals surface area contributed by atoms with Crippen LogP contribution in [-0.4, -0.2) is 19.1 Å². The summed E-state index contributed by atoms with van der Waals surface area (Å²) in [6.07, 6.45) is -9.92. The van der Waals surface area contributed by atoms with Crippen molar-refractivity contribution in [1.82, 2.24) is 0 Å². The number of hydrogen-bond donors (Lipinski definition) is 2. The van der Waals surface area contributed by atoms with Gasteiger partial charge in [-0.25, -0.2) is 0 Å². The van der Waals surface area contributed by atoms with Gasteiger partial charge in [-0.2, -0.15) is 26.3 Å². The molecular weight excluding hydrogens is 390 g/mol. The highest BCUT2D eigenvalue weighted by molar-refractivity contribution is 5.95. The summed E-state index contributed by atoms with van der Waals surface area (Å²) < 4.78 is 82.4. The third-order valence-corrected chi connectivity index (χ3v) is 3.50. The number of halogens is 6. The average molecular weight is 406 g/mol. The Labute approximate surface area is 156 Å². The van der Waals surface area contributed by atoms with Crippen molar-refractivity contribution in [3.8, 4) is 5.75 Å². The standard InChI is InChI=1S/C18H16F6N2O2/c1-2-28-15-6-4-3-5-14(15)26-16(27)10-25-13-8-11(17(19,20)21)7-12(9-13)18(22,23)24/h3-9,25H,2,10H2,1H3,(H,26,27). The molecule has 0 radical (unpaired) electrons. The number of carbonyl (C=O) groups excluding carboxylic acids is 1. The van der Waals surface area contributed by atoms with E-state index in [1.165, 1.54) is 0 Å². The molecule has 1 amide bonds. The van der Waals surface area contributed by atoms with Gasteiger partial charge in [0.15, 0.2) is 0 Å². The number of amides is 1. The van der Waals surface area contributed by atoms with E-state index in [4.69, 9.17) is 4.74 Å². The summed E-state index contributed by atoms with van der Waals surface area (Å²) in [4.78, 5) is 12.0. The summed E-state index contributed by atoms with van der Waals surface area (Å²) in [6, 6.07) is 7.51. The zero-order chi connectivity index (χ0) is 20.9. The molecule has 0 aromatic heterocycles. The fourth-order valence-electron chi connectivity index (χ4n) is 2.28. The molecule has 0 aliphatic carbocycles. The number of alkyl halides is 6. The SMILES string of the molecule is CCOc1ccccc1NC(=O)CNc1cc(C(F)(F)F)cc(C(F)(F)F)c1.